The molecule has 2 amide bonds. The molecule has 0 fully saturated rings. The lowest BCUT2D eigenvalue weighted by molar-refractivity contribution is -0.119. The molecule has 8 nitrogen and oxygen atoms in total. The van der Waals surface area contributed by atoms with E-state index in [9.17, 15) is 18.0 Å². The van der Waals surface area contributed by atoms with E-state index in [0.29, 0.717) is 16.9 Å². The van der Waals surface area contributed by atoms with Crippen LogP contribution < -0.4 is 15.0 Å². The van der Waals surface area contributed by atoms with Crippen LogP contribution in [-0.4, -0.2) is 32.5 Å². The van der Waals surface area contributed by atoms with Gasteiger partial charge < -0.3 is 5.32 Å². The van der Waals surface area contributed by atoms with E-state index in [0.717, 1.165) is 20.6 Å². The van der Waals surface area contributed by atoms with Gasteiger partial charge in [-0.2, -0.15) is 5.10 Å². The summed E-state index contributed by atoms with van der Waals surface area (Å²) in [5.74, 6) is -1.14. The third-order valence-electron chi connectivity index (χ3n) is 5.86. The first kappa shape index (κ1) is 23.3. The van der Waals surface area contributed by atoms with E-state index in [2.05, 4.69) is 15.8 Å². The van der Waals surface area contributed by atoms with Gasteiger partial charge in [-0.15, -0.1) is 0 Å². The van der Waals surface area contributed by atoms with Crippen LogP contribution in [0.2, 0.25) is 0 Å². The Hall–Kier alpha value is -4.50. The highest BCUT2D eigenvalue weighted by atomic mass is 32.2. The normalized spacial score (nSPS) is 13.9. The SMILES string of the molecule is Cc1ccc(N(CC(=O)N/N=C2\C(=O)Nc3ccccc32)S(=O)(=O)c2ccc3ccccc3c2)cc1. The number of para-hydroxylation sites is 1. The maximum Gasteiger partial charge on any atom is 0.276 e. The van der Waals surface area contributed by atoms with Crippen molar-refractivity contribution < 1.29 is 18.0 Å². The van der Waals surface area contributed by atoms with Crippen molar-refractivity contribution >= 4 is 49.7 Å². The fraction of sp³-hybridized carbons (Fsp3) is 0.0741. The number of nitrogens with one attached hydrogen (secondary N) is 2. The van der Waals surface area contributed by atoms with Crippen molar-refractivity contribution in [3.05, 3.63) is 102 Å². The van der Waals surface area contributed by atoms with Crippen LogP contribution in [0.3, 0.4) is 0 Å². The third kappa shape index (κ3) is 4.44. The number of fused-ring (bicyclic) bond motifs is 2. The highest BCUT2D eigenvalue weighted by Crippen LogP contribution is 2.27. The molecule has 0 radical (unpaired) electrons. The van der Waals surface area contributed by atoms with Crippen LogP contribution in [0.4, 0.5) is 11.4 Å². The summed E-state index contributed by atoms with van der Waals surface area (Å²) in [7, 11) is -4.11. The number of amides is 2. The Labute approximate surface area is 208 Å². The van der Waals surface area contributed by atoms with Gasteiger partial charge in [-0.05, 0) is 48.0 Å². The van der Waals surface area contributed by atoms with E-state index in [1.807, 2.05) is 31.2 Å². The summed E-state index contributed by atoms with van der Waals surface area (Å²) in [5, 5.41) is 8.33. The van der Waals surface area contributed by atoms with Crippen molar-refractivity contribution in [1.29, 1.82) is 0 Å². The summed E-state index contributed by atoms with van der Waals surface area (Å²) in [4.78, 5) is 25.2. The van der Waals surface area contributed by atoms with Gasteiger partial charge in [0.2, 0.25) is 0 Å². The molecular formula is C27H22N4O4S. The second-order valence-corrected chi connectivity index (χ2v) is 10.2. The molecule has 4 aromatic carbocycles. The Balaban J connectivity index is 1.46. The Kier molecular flexibility index (Phi) is 5.99. The lowest BCUT2D eigenvalue weighted by Gasteiger charge is -2.24. The molecule has 0 bridgehead atoms. The minimum Gasteiger partial charge on any atom is -0.320 e. The summed E-state index contributed by atoms with van der Waals surface area (Å²) in [6.45, 7) is 1.36. The molecule has 1 aliphatic heterocycles. The number of anilines is 2. The van der Waals surface area contributed by atoms with Crippen LogP contribution in [0.25, 0.3) is 10.8 Å². The standard InChI is InChI=1S/C27H22N4O4S/c1-18-10-13-21(14-11-18)31(36(34,35)22-15-12-19-6-2-3-7-20(19)16-22)17-25(32)29-30-26-23-8-4-5-9-24(23)28-27(26)33/h2-16H,17H2,1H3,(H,29,32)(H,28,30,33). The Bertz CT molecular complexity index is 1630. The van der Waals surface area contributed by atoms with Crippen LogP contribution in [0, 0.1) is 6.92 Å². The van der Waals surface area contributed by atoms with Crippen molar-refractivity contribution in [3.8, 4) is 0 Å². The van der Waals surface area contributed by atoms with E-state index in [4.69, 9.17) is 0 Å². The Morgan fingerprint density at radius 2 is 1.61 bits per heavy atom. The lowest BCUT2D eigenvalue weighted by Crippen LogP contribution is -2.40. The molecule has 0 saturated heterocycles. The number of nitrogens with zero attached hydrogens (tertiary/aromatic N) is 2. The zero-order valence-corrected chi connectivity index (χ0v) is 20.1. The second-order valence-electron chi connectivity index (χ2n) is 8.35. The highest BCUT2D eigenvalue weighted by Gasteiger charge is 2.29. The number of carbonyl (C=O) groups is 2. The van der Waals surface area contributed by atoms with Crippen LogP contribution in [0.15, 0.2) is 101 Å². The molecule has 0 aromatic heterocycles. The zero-order valence-electron chi connectivity index (χ0n) is 19.3. The van der Waals surface area contributed by atoms with E-state index >= 15 is 0 Å². The topological polar surface area (TPSA) is 108 Å². The first-order chi connectivity index (χ1) is 17.3. The van der Waals surface area contributed by atoms with Gasteiger partial charge in [0.05, 0.1) is 16.3 Å². The minimum atomic E-state index is -4.11. The largest absolute Gasteiger partial charge is 0.320 e. The predicted molar refractivity (Wildman–Crippen MR) is 139 cm³/mol. The monoisotopic (exact) mass is 498 g/mol. The lowest BCUT2D eigenvalue weighted by atomic mass is 10.1. The third-order valence-corrected chi connectivity index (χ3v) is 7.63. The van der Waals surface area contributed by atoms with E-state index in [1.165, 1.54) is 6.07 Å². The van der Waals surface area contributed by atoms with Crippen molar-refractivity contribution in [2.45, 2.75) is 11.8 Å². The van der Waals surface area contributed by atoms with Gasteiger partial charge in [0, 0.05) is 5.56 Å². The maximum atomic E-state index is 13.7. The maximum absolute atomic E-state index is 13.7. The summed E-state index contributed by atoms with van der Waals surface area (Å²) in [6.07, 6.45) is 0. The first-order valence-corrected chi connectivity index (χ1v) is 12.6. The molecule has 1 heterocycles. The molecule has 1 aliphatic rings. The molecule has 9 heteroatoms. The number of rotatable bonds is 6. The number of hydrogen-bond acceptors (Lipinski definition) is 5. The summed E-state index contributed by atoms with van der Waals surface area (Å²) in [6, 6.07) is 26.1. The molecule has 0 unspecified atom stereocenters. The molecule has 0 aliphatic carbocycles. The molecule has 0 atom stereocenters. The molecule has 0 saturated carbocycles. The molecule has 36 heavy (non-hydrogen) atoms. The number of carbonyl (C=O) groups excluding carboxylic acids is 2. The smallest absolute Gasteiger partial charge is 0.276 e. The molecule has 2 N–H and O–H groups in total. The van der Waals surface area contributed by atoms with Gasteiger partial charge >= 0.3 is 0 Å². The van der Waals surface area contributed by atoms with Crippen LogP contribution in [0.5, 0.6) is 0 Å². The number of benzene rings is 4. The average Bonchev–Trinajstić information content (AvgIpc) is 3.21. The number of hydrazone groups is 1. The van der Waals surface area contributed by atoms with Gasteiger partial charge in [-0.3, -0.25) is 13.9 Å². The highest BCUT2D eigenvalue weighted by molar-refractivity contribution is 7.92. The van der Waals surface area contributed by atoms with Gasteiger partial charge in [-0.25, -0.2) is 13.8 Å². The van der Waals surface area contributed by atoms with Gasteiger partial charge in [-0.1, -0.05) is 66.2 Å². The molecule has 180 valence electrons. The fourth-order valence-corrected chi connectivity index (χ4v) is 5.44. The zero-order chi connectivity index (χ0) is 25.3. The Morgan fingerprint density at radius 3 is 2.39 bits per heavy atom. The van der Waals surface area contributed by atoms with Crippen LogP contribution >= 0.6 is 0 Å². The van der Waals surface area contributed by atoms with Crippen molar-refractivity contribution in [3.63, 3.8) is 0 Å². The second kappa shape index (κ2) is 9.27. The average molecular weight is 499 g/mol. The Morgan fingerprint density at radius 1 is 0.917 bits per heavy atom. The van der Waals surface area contributed by atoms with Crippen LogP contribution in [0.1, 0.15) is 11.1 Å². The van der Waals surface area contributed by atoms with Gasteiger partial charge in [0.25, 0.3) is 21.8 Å². The molecular weight excluding hydrogens is 476 g/mol. The first-order valence-electron chi connectivity index (χ1n) is 11.2. The summed E-state index contributed by atoms with van der Waals surface area (Å²) in [5.41, 5.74) is 4.83. The number of hydrogen-bond donors (Lipinski definition) is 2. The molecule has 0 spiro atoms. The summed E-state index contributed by atoms with van der Waals surface area (Å²) >= 11 is 0. The molecule has 4 aromatic rings. The van der Waals surface area contributed by atoms with Crippen molar-refractivity contribution in [1.82, 2.24) is 5.43 Å². The predicted octanol–water partition coefficient (Wildman–Crippen LogP) is 3.82. The van der Waals surface area contributed by atoms with Crippen LogP contribution in [-0.2, 0) is 19.6 Å². The summed E-state index contributed by atoms with van der Waals surface area (Å²) < 4.78 is 28.5. The van der Waals surface area contributed by atoms with E-state index in [1.54, 1.807) is 60.7 Å². The van der Waals surface area contributed by atoms with Crippen molar-refractivity contribution in [2.24, 2.45) is 5.10 Å². The fourth-order valence-electron chi connectivity index (χ4n) is 3.98. The van der Waals surface area contributed by atoms with Crippen molar-refractivity contribution in [2.75, 3.05) is 16.2 Å². The quantitative estimate of drug-likeness (QED) is 0.394. The van der Waals surface area contributed by atoms with Gasteiger partial charge in [0.1, 0.15) is 6.54 Å². The minimum absolute atomic E-state index is 0.0539. The molecule has 5 rings (SSSR count). The number of aryl methyl sites for hydroxylation is 1. The number of sulfonamides is 1. The van der Waals surface area contributed by atoms with Gasteiger partial charge in [0.15, 0.2) is 5.71 Å². The van der Waals surface area contributed by atoms with E-state index in [-0.39, 0.29) is 10.6 Å². The van der Waals surface area contributed by atoms with E-state index < -0.39 is 28.4 Å².